The predicted octanol–water partition coefficient (Wildman–Crippen LogP) is 6.72. The molecule has 0 amide bonds. The average molecular weight is 491 g/mol. The zero-order valence-electron chi connectivity index (χ0n) is 20.5. The van der Waals surface area contributed by atoms with Gasteiger partial charge < -0.3 is 9.67 Å². The fourth-order valence-corrected chi connectivity index (χ4v) is 5.79. The number of nitrogens with one attached hydrogen (secondary N) is 1. The highest BCUT2D eigenvalue weighted by Gasteiger charge is 2.42. The van der Waals surface area contributed by atoms with Crippen LogP contribution in [-0.4, -0.2) is 25.8 Å². The molecule has 2 aromatic carbocycles. The third kappa shape index (κ3) is 3.65. The fraction of sp³-hybridized carbons (Fsp3) is 0.393. The number of carbonyl (C=O) groups is 1. The van der Waals surface area contributed by atoms with Crippen LogP contribution in [0.15, 0.2) is 36.5 Å². The fourth-order valence-electron chi connectivity index (χ4n) is 5.79. The second-order valence-electron chi connectivity index (χ2n) is 10.9. The molecule has 0 unspecified atom stereocenters. The third-order valence-electron chi connectivity index (χ3n) is 7.91. The second-order valence-corrected chi connectivity index (χ2v) is 10.9. The molecule has 1 aliphatic carbocycles. The molecule has 2 aromatic heterocycles. The Bertz CT molecular complexity index is 1520. The lowest BCUT2D eigenvalue weighted by atomic mass is 9.68. The summed E-state index contributed by atoms with van der Waals surface area (Å²) in [5.41, 5.74) is 1.71. The van der Waals surface area contributed by atoms with Crippen LogP contribution in [0, 0.1) is 28.4 Å². The number of halogens is 2. The van der Waals surface area contributed by atoms with E-state index >= 15 is 4.39 Å². The molecule has 1 saturated carbocycles. The first-order valence-electron chi connectivity index (χ1n) is 12.1. The van der Waals surface area contributed by atoms with Crippen LogP contribution in [0.2, 0.25) is 0 Å². The van der Waals surface area contributed by atoms with Crippen LogP contribution >= 0.6 is 0 Å². The zero-order chi connectivity index (χ0) is 25.8. The monoisotopic (exact) mass is 490 g/mol. The Balaban J connectivity index is 1.86. The van der Waals surface area contributed by atoms with Crippen molar-refractivity contribution in [2.45, 2.75) is 64.2 Å². The Kier molecular flexibility index (Phi) is 5.62. The zero-order valence-corrected chi connectivity index (χ0v) is 20.5. The lowest BCUT2D eigenvalue weighted by molar-refractivity contribution is -0.149. The largest absolute Gasteiger partial charge is 0.481 e. The maximum atomic E-state index is 16.2. The van der Waals surface area contributed by atoms with Gasteiger partial charge >= 0.3 is 5.97 Å². The van der Waals surface area contributed by atoms with Crippen molar-refractivity contribution in [1.82, 2.24) is 14.8 Å². The van der Waals surface area contributed by atoms with E-state index < -0.39 is 22.6 Å². The van der Waals surface area contributed by atoms with Crippen LogP contribution in [0.4, 0.5) is 8.78 Å². The lowest BCUT2D eigenvalue weighted by Gasteiger charge is -2.36. The van der Waals surface area contributed by atoms with Crippen LogP contribution < -0.4 is 0 Å². The predicted molar refractivity (Wildman–Crippen MR) is 133 cm³/mol. The summed E-state index contributed by atoms with van der Waals surface area (Å²) in [6, 6.07) is 10.2. The van der Waals surface area contributed by atoms with E-state index in [0.29, 0.717) is 53.2 Å². The summed E-state index contributed by atoms with van der Waals surface area (Å²) < 4.78 is 32.0. The van der Waals surface area contributed by atoms with Crippen molar-refractivity contribution in [2.24, 2.45) is 5.41 Å². The van der Waals surface area contributed by atoms with Crippen LogP contribution in [0.3, 0.4) is 0 Å². The standard InChI is InChI=1S/C28H28F2N4O2/c1-27(2,12-13-31)25-21(16-8-10-28(3,11-9-16)26(35)36)22-20(14-17-15-32-33-24(17)23(22)30)34(25)19-6-4-18(29)5-7-19/h4-7,14-16H,8-12H2,1-3H3,(H,32,33)(H,35,36)/t16-,28-. The van der Waals surface area contributed by atoms with Gasteiger partial charge in [-0.25, -0.2) is 8.78 Å². The van der Waals surface area contributed by atoms with Crippen molar-refractivity contribution in [3.05, 3.63) is 59.4 Å². The Hall–Kier alpha value is -3.73. The van der Waals surface area contributed by atoms with E-state index in [1.165, 1.54) is 12.1 Å². The van der Waals surface area contributed by atoms with Gasteiger partial charge in [-0.2, -0.15) is 10.4 Å². The third-order valence-corrected chi connectivity index (χ3v) is 7.91. The number of hydrogen-bond acceptors (Lipinski definition) is 3. The van der Waals surface area contributed by atoms with Crippen molar-refractivity contribution in [2.75, 3.05) is 0 Å². The molecule has 5 rings (SSSR count). The number of hydrogen-bond donors (Lipinski definition) is 2. The van der Waals surface area contributed by atoms with Gasteiger partial charge in [-0.3, -0.25) is 9.89 Å². The van der Waals surface area contributed by atoms with Gasteiger partial charge in [0.2, 0.25) is 0 Å². The second kappa shape index (κ2) is 8.44. The van der Waals surface area contributed by atoms with Gasteiger partial charge in [-0.15, -0.1) is 0 Å². The minimum absolute atomic E-state index is 0.0931. The Labute approximate surface area is 207 Å². The lowest BCUT2D eigenvalue weighted by Crippen LogP contribution is -2.32. The van der Waals surface area contributed by atoms with E-state index in [-0.39, 0.29) is 18.2 Å². The van der Waals surface area contributed by atoms with Crippen molar-refractivity contribution in [3.8, 4) is 11.8 Å². The highest BCUT2D eigenvalue weighted by molar-refractivity contribution is 6.00. The number of benzene rings is 2. The van der Waals surface area contributed by atoms with E-state index in [1.54, 1.807) is 25.3 Å². The molecule has 0 saturated heterocycles. The SMILES string of the molecule is CC(C)(CC#N)c1c([C@H]2CC[C@](C)(C(=O)O)CC2)c2c(F)c3[nH]ncc3cc2n1-c1ccc(F)cc1. The van der Waals surface area contributed by atoms with Gasteiger partial charge in [0.15, 0.2) is 5.82 Å². The molecule has 0 radical (unpaired) electrons. The van der Waals surface area contributed by atoms with E-state index in [1.807, 2.05) is 24.5 Å². The van der Waals surface area contributed by atoms with Gasteiger partial charge in [0.05, 0.1) is 23.2 Å². The maximum absolute atomic E-state index is 16.2. The van der Waals surface area contributed by atoms with Crippen molar-refractivity contribution >= 4 is 27.8 Å². The van der Waals surface area contributed by atoms with E-state index in [4.69, 9.17) is 0 Å². The molecule has 2 heterocycles. The smallest absolute Gasteiger partial charge is 0.309 e. The number of H-pyrrole nitrogens is 1. The number of nitriles is 1. The Morgan fingerprint density at radius 1 is 1.28 bits per heavy atom. The Morgan fingerprint density at radius 3 is 2.56 bits per heavy atom. The quantitative estimate of drug-likeness (QED) is 0.324. The first-order chi connectivity index (χ1) is 17.1. The molecule has 0 atom stereocenters. The molecule has 8 heteroatoms. The van der Waals surface area contributed by atoms with Gasteiger partial charge in [0, 0.05) is 34.0 Å². The molecule has 0 spiro atoms. The first kappa shape index (κ1) is 24.0. The average Bonchev–Trinajstić information content (AvgIpc) is 3.44. The van der Waals surface area contributed by atoms with E-state index in [0.717, 1.165) is 11.3 Å². The molecular weight excluding hydrogens is 462 g/mol. The molecule has 36 heavy (non-hydrogen) atoms. The maximum Gasteiger partial charge on any atom is 0.309 e. The molecular formula is C28H28F2N4O2. The summed E-state index contributed by atoms with van der Waals surface area (Å²) >= 11 is 0. The van der Waals surface area contributed by atoms with E-state index in [2.05, 4.69) is 16.3 Å². The van der Waals surface area contributed by atoms with Crippen molar-refractivity contribution < 1.29 is 18.7 Å². The van der Waals surface area contributed by atoms with Crippen molar-refractivity contribution in [3.63, 3.8) is 0 Å². The number of aliphatic carboxylic acids is 1. The van der Waals surface area contributed by atoms with Crippen LogP contribution in [0.5, 0.6) is 0 Å². The first-order valence-corrected chi connectivity index (χ1v) is 12.1. The van der Waals surface area contributed by atoms with E-state index in [9.17, 15) is 19.6 Å². The number of aromatic amines is 1. The van der Waals surface area contributed by atoms with Crippen molar-refractivity contribution in [1.29, 1.82) is 5.26 Å². The molecule has 0 bridgehead atoms. The van der Waals surface area contributed by atoms with Gasteiger partial charge in [-0.05, 0) is 74.4 Å². The summed E-state index contributed by atoms with van der Waals surface area (Å²) in [4.78, 5) is 11.9. The molecule has 1 fully saturated rings. The summed E-state index contributed by atoms with van der Waals surface area (Å²) in [5, 5.41) is 27.3. The summed E-state index contributed by atoms with van der Waals surface area (Å²) in [6.07, 6.45) is 3.88. The number of rotatable bonds is 5. The minimum atomic E-state index is -0.816. The van der Waals surface area contributed by atoms with Gasteiger partial charge in [0.25, 0.3) is 0 Å². The van der Waals surface area contributed by atoms with Gasteiger partial charge in [-0.1, -0.05) is 13.8 Å². The molecule has 186 valence electrons. The highest BCUT2D eigenvalue weighted by Crippen LogP contribution is 2.50. The normalized spacial score (nSPS) is 20.6. The number of fused-ring (bicyclic) bond motifs is 2. The van der Waals surface area contributed by atoms with Crippen LogP contribution in [0.1, 0.15) is 70.1 Å². The number of aromatic nitrogens is 3. The number of carboxylic acids is 1. The van der Waals surface area contributed by atoms with Crippen LogP contribution in [-0.2, 0) is 10.2 Å². The number of carboxylic acid groups (broad SMARTS) is 1. The Morgan fingerprint density at radius 2 is 1.94 bits per heavy atom. The summed E-state index contributed by atoms with van der Waals surface area (Å²) in [6.45, 7) is 5.69. The molecule has 2 N–H and O–H groups in total. The van der Waals surface area contributed by atoms with Crippen LogP contribution in [0.25, 0.3) is 27.5 Å². The minimum Gasteiger partial charge on any atom is -0.481 e. The number of nitrogens with zero attached hydrogens (tertiary/aromatic N) is 3. The summed E-state index contributed by atoms with van der Waals surface area (Å²) in [5.74, 6) is -1.71. The molecule has 6 nitrogen and oxygen atoms in total. The topological polar surface area (TPSA) is 94.7 Å². The summed E-state index contributed by atoms with van der Waals surface area (Å²) in [7, 11) is 0. The molecule has 4 aromatic rings. The highest BCUT2D eigenvalue weighted by atomic mass is 19.1. The molecule has 0 aliphatic heterocycles. The molecule has 1 aliphatic rings. The van der Waals surface area contributed by atoms with Gasteiger partial charge in [0.1, 0.15) is 11.3 Å².